The summed E-state index contributed by atoms with van der Waals surface area (Å²) in [4.78, 5) is 23.9. The quantitative estimate of drug-likeness (QED) is 0.462. The van der Waals surface area contributed by atoms with E-state index in [-0.39, 0.29) is 6.42 Å². The van der Waals surface area contributed by atoms with Crippen molar-refractivity contribution in [2.45, 2.75) is 35.4 Å². The van der Waals surface area contributed by atoms with Crippen molar-refractivity contribution in [2.75, 3.05) is 0 Å². The Morgan fingerprint density at radius 1 is 1.23 bits per heavy atom. The number of alkyl halides is 3. The summed E-state index contributed by atoms with van der Waals surface area (Å²) < 4.78 is 37.7. The van der Waals surface area contributed by atoms with Gasteiger partial charge in [-0.05, 0) is 71.8 Å². The molecule has 0 aliphatic rings. The lowest BCUT2D eigenvalue weighted by atomic mass is 10.1. The van der Waals surface area contributed by atoms with Crippen LogP contribution in [0.2, 0.25) is 0 Å². The molecule has 0 heterocycles. The molecule has 0 aromatic heterocycles. The number of amides is 1. The van der Waals surface area contributed by atoms with Gasteiger partial charge in [-0.2, -0.15) is 13.2 Å². The van der Waals surface area contributed by atoms with Crippen LogP contribution in [0.4, 0.5) is 13.2 Å². The van der Waals surface area contributed by atoms with Gasteiger partial charge in [-0.3, -0.25) is 9.59 Å². The molecule has 0 radical (unpaired) electrons. The van der Waals surface area contributed by atoms with Gasteiger partial charge >= 0.3 is 12.1 Å². The van der Waals surface area contributed by atoms with E-state index in [0.29, 0.717) is 5.56 Å². The minimum Gasteiger partial charge on any atom is -0.345 e. The molecule has 2 rings (SSSR count). The van der Waals surface area contributed by atoms with Crippen molar-refractivity contribution in [1.29, 1.82) is 0 Å². The lowest BCUT2D eigenvalue weighted by Crippen LogP contribution is -2.42. The maximum Gasteiger partial charge on any atom is 0.471 e. The first-order chi connectivity index (χ1) is 12.2. The van der Waals surface area contributed by atoms with Gasteiger partial charge in [0, 0.05) is 25.0 Å². The lowest BCUT2D eigenvalue weighted by molar-refractivity contribution is -0.174. The summed E-state index contributed by atoms with van der Waals surface area (Å²) in [5.41, 5.74) is 1.41. The Balaban J connectivity index is 2.00. The molecule has 138 valence electrons. The average molecular weight is 493 g/mol. The molecule has 0 spiro atoms. The van der Waals surface area contributed by atoms with Gasteiger partial charge in [0.05, 0.1) is 0 Å². The van der Waals surface area contributed by atoms with Crippen LogP contribution >= 0.6 is 34.4 Å². The van der Waals surface area contributed by atoms with Crippen LogP contribution in [0.1, 0.15) is 22.8 Å². The lowest BCUT2D eigenvalue weighted by Gasteiger charge is -2.15. The van der Waals surface area contributed by atoms with Gasteiger partial charge in [-0.1, -0.05) is 23.9 Å². The number of halogens is 4. The number of carbonyl (C=O) groups excluding carboxylic acids is 2. The Bertz CT molecular complexity index is 794. The van der Waals surface area contributed by atoms with Gasteiger partial charge < -0.3 is 5.32 Å². The Kier molecular flexibility index (Phi) is 7.10. The summed E-state index contributed by atoms with van der Waals surface area (Å²) in [6, 6.07) is 12.2. The molecule has 0 bridgehead atoms. The second-order valence-corrected chi connectivity index (χ2v) is 7.98. The second kappa shape index (κ2) is 8.90. The molecule has 8 heteroatoms. The van der Waals surface area contributed by atoms with E-state index in [0.717, 1.165) is 25.2 Å². The number of hydrogen-bond donors (Lipinski definition) is 1. The maximum atomic E-state index is 12.3. The van der Waals surface area contributed by atoms with Gasteiger partial charge in [0.1, 0.15) is 0 Å². The fourth-order valence-corrected chi connectivity index (χ4v) is 3.64. The zero-order chi connectivity index (χ0) is 19.3. The first-order valence-corrected chi connectivity index (χ1v) is 9.48. The highest BCUT2D eigenvalue weighted by atomic mass is 127. The van der Waals surface area contributed by atoms with Crippen LogP contribution in [-0.2, 0) is 11.2 Å². The van der Waals surface area contributed by atoms with Crippen LogP contribution < -0.4 is 5.32 Å². The fourth-order valence-electron chi connectivity index (χ4n) is 2.24. The Labute approximate surface area is 166 Å². The third kappa shape index (κ3) is 6.01. The number of carbonyl (C=O) groups is 2. The van der Waals surface area contributed by atoms with Crippen molar-refractivity contribution >= 4 is 46.5 Å². The average Bonchev–Trinajstić information content (AvgIpc) is 2.57. The Morgan fingerprint density at radius 2 is 1.88 bits per heavy atom. The molecule has 0 aliphatic heterocycles. The molecule has 26 heavy (non-hydrogen) atoms. The van der Waals surface area contributed by atoms with Gasteiger partial charge in [0.15, 0.2) is 6.29 Å². The van der Waals surface area contributed by atoms with E-state index in [2.05, 4.69) is 22.6 Å². The van der Waals surface area contributed by atoms with E-state index in [4.69, 9.17) is 0 Å². The summed E-state index contributed by atoms with van der Waals surface area (Å²) in [5, 5.41) is 1.93. The summed E-state index contributed by atoms with van der Waals surface area (Å²) in [6.07, 6.45) is -3.78. The van der Waals surface area contributed by atoms with E-state index in [1.54, 1.807) is 18.2 Å². The molecule has 1 atom stereocenters. The summed E-state index contributed by atoms with van der Waals surface area (Å²) >= 11 is 3.57. The highest BCUT2D eigenvalue weighted by Gasteiger charge is 2.39. The zero-order valence-corrected chi connectivity index (χ0v) is 16.6. The zero-order valence-electron chi connectivity index (χ0n) is 13.6. The molecule has 0 saturated heterocycles. The largest absolute Gasteiger partial charge is 0.471 e. The molecule has 1 unspecified atom stereocenters. The number of hydrogen-bond acceptors (Lipinski definition) is 3. The van der Waals surface area contributed by atoms with Crippen molar-refractivity contribution < 1.29 is 22.8 Å². The van der Waals surface area contributed by atoms with Crippen LogP contribution in [0.15, 0.2) is 52.3 Å². The standard InChI is InChI=1S/C18H15F3INO2S/c1-11(23-17(25)18(19,20)21)8-12-2-5-15(6-3-12)26-16-7-4-14(22)9-13(16)10-24/h2-7,9-11H,8H2,1H3,(H,23,25). The summed E-state index contributed by atoms with van der Waals surface area (Å²) in [7, 11) is 0. The SMILES string of the molecule is CC(Cc1ccc(Sc2ccc(I)cc2C=O)cc1)NC(=O)C(F)(F)F. The highest BCUT2D eigenvalue weighted by Crippen LogP contribution is 2.31. The van der Waals surface area contributed by atoms with Crippen molar-refractivity contribution in [3.05, 3.63) is 57.2 Å². The summed E-state index contributed by atoms with van der Waals surface area (Å²) in [5.74, 6) is -1.93. The molecule has 2 aromatic carbocycles. The molecule has 3 nitrogen and oxygen atoms in total. The van der Waals surface area contributed by atoms with Gasteiger partial charge in [-0.25, -0.2) is 0 Å². The van der Waals surface area contributed by atoms with Gasteiger partial charge in [0.2, 0.25) is 0 Å². The van der Waals surface area contributed by atoms with Crippen LogP contribution in [0.5, 0.6) is 0 Å². The van der Waals surface area contributed by atoms with Crippen LogP contribution in [0.25, 0.3) is 0 Å². The van der Waals surface area contributed by atoms with E-state index < -0.39 is 18.1 Å². The number of rotatable bonds is 6. The molecule has 0 aliphatic carbocycles. The van der Waals surface area contributed by atoms with Gasteiger partial charge in [0.25, 0.3) is 0 Å². The van der Waals surface area contributed by atoms with Crippen LogP contribution in [0.3, 0.4) is 0 Å². The van der Waals surface area contributed by atoms with Crippen molar-refractivity contribution in [3.8, 4) is 0 Å². The molecule has 0 fully saturated rings. The number of benzene rings is 2. The third-order valence-corrected chi connectivity index (χ3v) is 5.20. The minimum atomic E-state index is -4.88. The topological polar surface area (TPSA) is 46.2 Å². The van der Waals surface area contributed by atoms with Gasteiger partial charge in [-0.15, -0.1) is 0 Å². The van der Waals surface area contributed by atoms with Crippen LogP contribution in [0, 0.1) is 3.57 Å². The first kappa shape index (κ1) is 20.8. The van der Waals surface area contributed by atoms with E-state index >= 15 is 0 Å². The van der Waals surface area contributed by atoms with E-state index in [1.165, 1.54) is 18.7 Å². The van der Waals surface area contributed by atoms with Crippen LogP contribution in [-0.4, -0.2) is 24.4 Å². The van der Waals surface area contributed by atoms with Crippen molar-refractivity contribution in [3.63, 3.8) is 0 Å². The highest BCUT2D eigenvalue weighted by molar-refractivity contribution is 14.1. The molecule has 1 amide bonds. The molecule has 0 saturated carbocycles. The first-order valence-electron chi connectivity index (χ1n) is 7.58. The fraction of sp³-hybridized carbons (Fsp3) is 0.222. The Hall–Kier alpha value is -1.55. The second-order valence-electron chi connectivity index (χ2n) is 5.62. The predicted molar refractivity (Wildman–Crippen MR) is 102 cm³/mol. The summed E-state index contributed by atoms with van der Waals surface area (Å²) in [6.45, 7) is 1.52. The van der Waals surface area contributed by atoms with Crippen molar-refractivity contribution in [1.82, 2.24) is 5.32 Å². The minimum absolute atomic E-state index is 0.288. The number of aldehydes is 1. The third-order valence-electron chi connectivity index (χ3n) is 3.43. The smallest absolute Gasteiger partial charge is 0.345 e. The monoisotopic (exact) mass is 493 g/mol. The Morgan fingerprint density at radius 3 is 2.46 bits per heavy atom. The van der Waals surface area contributed by atoms with Crippen molar-refractivity contribution in [2.24, 2.45) is 0 Å². The molecular weight excluding hydrogens is 478 g/mol. The number of nitrogens with one attached hydrogen (secondary N) is 1. The van der Waals surface area contributed by atoms with E-state index in [1.807, 2.05) is 29.6 Å². The maximum absolute atomic E-state index is 12.3. The van der Waals surface area contributed by atoms with E-state index in [9.17, 15) is 22.8 Å². The molecular formula is C18H15F3INO2S. The predicted octanol–water partition coefficient (Wildman–Crippen LogP) is 4.86. The normalized spacial score (nSPS) is 12.5. The molecule has 1 N–H and O–H groups in total. The molecule has 2 aromatic rings.